The summed E-state index contributed by atoms with van der Waals surface area (Å²) in [6.07, 6.45) is 6.11. The highest BCUT2D eigenvalue weighted by atomic mass is 16.3. The predicted molar refractivity (Wildman–Crippen MR) is 81.5 cm³/mol. The van der Waals surface area contributed by atoms with Crippen LogP contribution in [0.5, 0.6) is 0 Å². The quantitative estimate of drug-likeness (QED) is 0.899. The number of nitrogens with zero attached hydrogens (tertiary/aromatic N) is 2. The smallest absolute Gasteiger partial charge is 0.0564 e. The summed E-state index contributed by atoms with van der Waals surface area (Å²) in [6.45, 7) is 2.98. The third-order valence-corrected chi connectivity index (χ3v) is 3.64. The van der Waals surface area contributed by atoms with E-state index >= 15 is 0 Å². The van der Waals surface area contributed by atoms with E-state index < -0.39 is 0 Å². The molecule has 0 amide bonds. The monoisotopic (exact) mass is 260 g/mol. The van der Waals surface area contributed by atoms with Crippen LogP contribution in [0.1, 0.15) is 18.4 Å². The van der Waals surface area contributed by atoms with Crippen LogP contribution in [0, 0.1) is 0 Å². The third-order valence-electron chi connectivity index (χ3n) is 3.64. The van der Waals surface area contributed by atoms with Crippen molar-refractivity contribution >= 4 is 11.8 Å². The molecule has 1 aromatic carbocycles. The van der Waals surface area contributed by atoms with Crippen molar-refractivity contribution in [3.8, 4) is 0 Å². The number of hydrogen-bond acceptors (Lipinski definition) is 3. The van der Waals surface area contributed by atoms with Crippen molar-refractivity contribution in [3.63, 3.8) is 0 Å². The normalized spacial score (nSPS) is 18.1. The van der Waals surface area contributed by atoms with Crippen molar-refractivity contribution in [2.75, 3.05) is 38.6 Å². The first kappa shape index (κ1) is 14.1. The van der Waals surface area contributed by atoms with Gasteiger partial charge >= 0.3 is 0 Å². The first-order valence-electron chi connectivity index (χ1n) is 6.99. The van der Waals surface area contributed by atoms with Crippen molar-refractivity contribution in [1.29, 1.82) is 0 Å². The summed E-state index contributed by atoms with van der Waals surface area (Å²) < 4.78 is 0. The number of rotatable bonds is 4. The van der Waals surface area contributed by atoms with Crippen molar-refractivity contribution in [1.82, 2.24) is 4.90 Å². The largest absolute Gasteiger partial charge is 0.393 e. The van der Waals surface area contributed by atoms with Gasteiger partial charge in [0.15, 0.2) is 0 Å². The molecule has 0 aliphatic carbocycles. The van der Waals surface area contributed by atoms with Crippen molar-refractivity contribution in [2.45, 2.75) is 18.9 Å². The molecule has 0 spiro atoms. The zero-order chi connectivity index (χ0) is 13.7. The highest BCUT2D eigenvalue weighted by molar-refractivity contribution is 5.55. The number of anilines is 1. The number of benzene rings is 1. The molecule has 3 heteroatoms. The van der Waals surface area contributed by atoms with E-state index in [2.05, 4.69) is 60.3 Å². The van der Waals surface area contributed by atoms with Crippen LogP contribution >= 0.6 is 0 Å². The average molecular weight is 260 g/mol. The van der Waals surface area contributed by atoms with Gasteiger partial charge in [-0.25, -0.2) is 0 Å². The number of piperidine rings is 1. The molecule has 0 unspecified atom stereocenters. The van der Waals surface area contributed by atoms with E-state index in [9.17, 15) is 5.11 Å². The van der Waals surface area contributed by atoms with Gasteiger partial charge in [0, 0.05) is 39.4 Å². The molecule has 1 saturated heterocycles. The molecule has 1 aliphatic heterocycles. The minimum atomic E-state index is -0.0844. The van der Waals surface area contributed by atoms with Gasteiger partial charge in [-0.15, -0.1) is 0 Å². The Morgan fingerprint density at radius 2 is 1.84 bits per heavy atom. The minimum absolute atomic E-state index is 0.0844. The number of hydrogen-bond donors (Lipinski definition) is 1. The van der Waals surface area contributed by atoms with E-state index in [0.29, 0.717) is 0 Å². The van der Waals surface area contributed by atoms with Crippen LogP contribution in [-0.2, 0) is 0 Å². The van der Waals surface area contributed by atoms with Crippen LogP contribution in [0.3, 0.4) is 0 Å². The maximum atomic E-state index is 9.45. The Morgan fingerprint density at radius 3 is 2.42 bits per heavy atom. The van der Waals surface area contributed by atoms with Gasteiger partial charge < -0.3 is 10.0 Å². The summed E-state index contributed by atoms with van der Waals surface area (Å²) in [5.74, 6) is 0. The minimum Gasteiger partial charge on any atom is -0.393 e. The zero-order valence-electron chi connectivity index (χ0n) is 11.9. The molecule has 1 fully saturated rings. The van der Waals surface area contributed by atoms with E-state index in [-0.39, 0.29) is 6.10 Å². The van der Waals surface area contributed by atoms with Crippen LogP contribution < -0.4 is 4.90 Å². The molecule has 0 radical (unpaired) electrons. The van der Waals surface area contributed by atoms with Crippen LogP contribution in [0.15, 0.2) is 30.3 Å². The summed E-state index contributed by atoms with van der Waals surface area (Å²) >= 11 is 0. The molecule has 1 aliphatic rings. The fraction of sp³-hybridized carbons (Fsp3) is 0.500. The Hall–Kier alpha value is -1.32. The Kier molecular flexibility index (Phi) is 5.00. The maximum Gasteiger partial charge on any atom is 0.0564 e. The maximum absolute atomic E-state index is 9.45. The molecule has 0 saturated carbocycles. The molecule has 1 aromatic rings. The Bertz CT molecular complexity index is 403. The Labute approximate surface area is 116 Å². The molecule has 0 atom stereocenters. The van der Waals surface area contributed by atoms with Gasteiger partial charge in [0.1, 0.15) is 0 Å². The molecule has 2 rings (SSSR count). The van der Waals surface area contributed by atoms with Gasteiger partial charge in [-0.3, -0.25) is 4.90 Å². The number of aliphatic hydroxyl groups is 1. The van der Waals surface area contributed by atoms with Crippen molar-refractivity contribution < 1.29 is 5.11 Å². The lowest BCUT2D eigenvalue weighted by Gasteiger charge is -2.28. The van der Waals surface area contributed by atoms with E-state index in [1.807, 2.05) is 0 Å². The molecular formula is C16H24N2O. The third kappa shape index (κ3) is 4.37. The fourth-order valence-corrected chi connectivity index (χ4v) is 2.32. The summed E-state index contributed by atoms with van der Waals surface area (Å²) in [7, 11) is 4.10. The van der Waals surface area contributed by atoms with Crippen LogP contribution in [0.25, 0.3) is 6.08 Å². The van der Waals surface area contributed by atoms with Crippen LogP contribution in [0.4, 0.5) is 5.69 Å². The highest BCUT2D eigenvalue weighted by Gasteiger charge is 2.15. The lowest BCUT2D eigenvalue weighted by molar-refractivity contribution is 0.0881. The van der Waals surface area contributed by atoms with Gasteiger partial charge in [-0.2, -0.15) is 0 Å². The molecule has 0 bridgehead atoms. The molecule has 104 valence electrons. The van der Waals surface area contributed by atoms with E-state index in [0.717, 1.165) is 32.5 Å². The predicted octanol–water partition coefficient (Wildman–Crippen LogP) is 2.22. The van der Waals surface area contributed by atoms with Gasteiger partial charge in [0.05, 0.1) is 6.10 Å². The molecule has 1 heterocycles. The van der Waals surface area contributed by atoms with Gasteiger partial charge in [-0.05, 0) is 30.5 Å². The number of likely N-dealkylation sites (tertiary alicyclic amines) is 1. The van der Waals surface area contributed by atoms with Gasteiger partial charge in [0.2, 0.25) is 0 Å². The number of aliphatic hydroxyl groups excluding tert-OH is 1. The van der Waals surface area contributed by atoms with E-state index in [1.165, 1.54) is 11.3 Å². The van der Waals surface area contributed by atoms with Crippen molar-refractivity contribution in [2.24, 2.45) is 0 Å². The summed E-state index contributed by atoms with van der Waals surface area (Å²) in [6, 6.07) is 8.56. The summed E-state index contributed by atoms with van der Waals surface area (Å²) in [4.78, 5) is 4.49. The molecule has 3 nitrogen and oxygen atoms in total. The Balaban J connectivity index is 1.82. The lowest BCUT2D eigenvalue weighted by Crippen LogP contribution is -2.35. The average Bonchev–Trinajstić information content (AvgIpc) is 2.41. The van der Waals surface area contributed by atoms with Gasteiger partial charge in [0.25, 0.3) is 0 Å². The highest BCUT2D eigenvalue weighted by Crippen LogP contribution is 2.14. The molecular weight excluding hydrogens is 236 g/mol. The van der Waals surface area contributed by atoms with Crippen LogP contribution in [0.2, 0.25) is 0 Å². The first-order chi connectivity index (χ1) is 9.15. The Morgan fingerprint density at radius 1 is 1.21 bits per heavy atom. The van der Waals surface area contributed by atoms with E-state index in [4.69, 9.17) is 0 Å². The SMILES string of the molecule is CN(C)c1ccc(/C=C/CN2CCC(O)CC2)cc1. The first-order valence-corrected chi connectivity index (χ1v) is 6.99. The standard InChI is InChI=1S/C16H24N2O/c1-17(2)15-7-5-14(6-8-15)4-3-11-18-12-9-16(19)10-13-18/h3-8,16,19H,9-13H2,1-2H3/b4-3+. The lowest BCUT2D eigenvalue weighted by atomic mass is 10.1. The second kappa shape index (κ2) is 6.73. The zero-order valence-corrected chi connectivity index (χ0v) is 11.9. The van der Waals surface area contributed by atoms with Crippen LogP contribution in [-0.4, -0.2) is 49.8 Å². The second-order valence-corrected chi connectivity index (χ2v) is 5.42. The van der Waals surface area contributed by atoms with E-state index in [1.54, 1.807) is 0 Å². The molecule has 0 aromatic heterocycles. The van der Waals surface area contributed by atoms with Gasteiger partial charge in [-0.1, -0.05) is 24.3 Å². The summed E-state index contributed by atoms with van der Waals surface area (Å²) in [5.41, 5.74) is 2.46. The van der Waals surface area contributed by atoms with Crippen molar-refractivity contribution in [3.05, 3.63) is 35.9 Å². The fourth-order valence-electron chi connectivity index (χ4n) is 2.32. The molecule has 1 N–H and O–H groups in total. The summed E-state index contributed by atoms with van der Waals surface area (Å²) in [5, 5.41) is 9.45. The second-order valence-electron chi connectivity index (χ2n) is 5.42. The molecule has 19 heavy (non-hydrogen) atoms. The topological polar surface area (TPSA) is 26.7 Å².